The highest BCUT2D eigenvalue weighted by atomic mass is 79.9. The normalized spacial score (nSPS) is 11.7. The number of hydrogen-bond acceptors (Lipinski definition) is 7. The summed E-state index contributed by atoms with van der Waals surface area (Å²) in [7, 11) is -1.74. The molecule has 2 N–H and O–H groups in total. The number of hydrogen-bond donors (Lipinski definition) is 2. The highest BCUT2D eigenvalue weighted by Crippen LogP contribution is 2.26. The Labute approximate surface area is 155 Å². The summed E-state index contributed by atoms with van der Waals surface area (Å²) < 4.78 is 10.7. The van der Waals surface area contributed by atoms with Crippen molar-refractivity contribution in [2.75, 3.05) is 4.90 Å². The van der Waals surface area contributed by atoms with E-state index in [1.165, 1.54) is 6.07 Å². The summed E-state index contributed by atoms with van der Waals surface area (Å²) >= 11 is 3.17. The van der Waals surface area contributed by atoms with Crippen molar-refractivity contribution in [3.63, 3.8) is 0 Å². The lowest BCUT2D eigenvalue weighted by Crippen LogP contribution is -2.44. The van der Waals surface area contributed by atoms with Gasteiger partial charge in [0.15, 0.2) is 5.82 Å². The van der Waals surface area contributed by atoms with Crippen LogP contribution in [0.2, 0.25) is 0 Å². The van der Waals surface area contributed by atoms with Crippen LogP contribution in [-0.4, -0.2) is 45.5 Å². The molecule has 0 saturated carbocycles. The topological polar surface area (TPSA) is 109 Å². The van der Waals surface area contributed by atoms with Crippen LogP contribution >= 0.6 is 15.9 Å². The van der Waals surface area contributed by atoms with Gasteiger partial charge in [-0.15, -0.1) is 0 Å². The molecule has 0 atom stereocenters. The Bertz CT molecular complexity index is 626. The monoisotopic (exact) mass is 416 g/mol. The van der Waals surface area contributed by atoms with Gasteiger partial charge in [-0.2, -0.15) is 4.90 Å². The third-order valence-electron chi connectivity index (χ3n) is 2.50. The van der Waals surface area contributed by atoms with Gasteiger partial charge >= 0.3 is 19.3 Å². The third-order valence-corrected chi connectivity index (χ3v) is 3.09. The summed E-state index contributed by atoms with van der Waals surface area (Å²) in [6.45, 7) is 9.95. The lowest BCUT2D eigenvalue weighted by molar-refractivity contribution is 0.0428. The van der Waals surface area contributed by atoms with Gasteiger partial charge in [0.1, 0.15) is 11.2 Å². The molecule has 0 fully saturated rings. The van der Waals surface area contributed by atoms with Crippen LogP contribution in [0.4, 0.5) is 15.4 Å². The van der Waals surface area contributed by atoms with E-state index in [-0.39, 0.29) is 15.8 Å². The minimum Gasteiger partial charge on any atom is -0.443 e. The van der Waals surface area contributed by atoms with Crippen molar-refractivity contribution in [1.82, 2.24) is 4.98 Å². The average molecular weight is 417 g/mol. The van der Waals surface area contributed by atoms with E-state index in [2.05, 4.69) is 20.9 Å². The smallest absolute Gasteiger partial charge is 0.443 e. The molecule has 1 heterocycles. The van der Waals surface area contributed by atoms with Gasteiger partial charge in [-0.3, -0.25) is 0 Å². The summed E-state index contributed by atoms with van der Waals surface area (Å²) in [5.74, 6) is -0.0899. The average Bonchev–Trinajstić information content (AvgIpc) is 2.36. The van der Waals surface area contributed by atoms with Crippen molar-refractivity contribution in [1.29, 1.82) is 0 Å². The number of rotatable bonds is 2. The first-order valence-electron chi connectivity index (χ1n) is 7.49. The van der Waals surface area contributed by atoms with Crippen LogP contribution in [0.15, 0.2) is 16.7 Å². The second-order valence-corrected chi connectivity index (χ2v) is 8.10. The molecule has 0 saturated heterocycles. The Balaban J connectivity index is 3.31. The van der Waals surface area contributed by atoms with Gasteiger partial charge in [-0.25, -0.2) is 14.6 Å². The number of amides is 2. The molecule has 25 heavy (non-hydrogen) atoms. The van der Waals surface area contributed by atoms with Gasteiger partial charge in [0.25, 0.3) is 0 Å². The first-order chi connectivity index (χ1) is 11.2. The van der Waals surface area contributed by atoms with Crippen molar-refractivity contribution in [3.8, 4) is 0 Å². The van der Waals surface area contributed by atoms with E-state index in [9.17, 15) is 19.6 Å². The second kappa shape index (κ2) is 7.71. The van der Waals surface area contributed by atoms with E-state index in [0.29, 0.717) is 4.90 Å². The predicted molar refractivity (Wildman–Crippen MR) is 96.7 cm³/mol. The van der Waals surface area contributed by atoms with Gasteiger partial charge < -0.3 is 19.5 Å². The Hall–Kier alpha value is -1.65. The lowest BCUT2D eigenvalue weighted by atomic mass is 9.82. The number of pyridine rings is 1. The molecule has 0 spiro atoms. The summed E-state index contributed by atoms with van der Waals surface area (Å²) in [4.78, 5) is 29.6. The number of aromatic nitrogens is 1. The Morgan fingerprint density at radius 1 is 1.08 bits per heavy atom. The minimum absolute atomic E-state index is 0.0870. The van der Waals surface area contributed by atoms with E-state index in [1.54, 1.807) is 41.5 Å². The quantitative estimate of drug-likeness (QED) is 0.711. The van der Waals surface area contributed by atoms with Crippen molar-refractivity contribution >= 4 is 46.5 Å². The minimum atomic E-state index is -1.74. The molecule has 1 aromatic heterocycles. The van der Waals surface area contributed by atoms with Crippen LogP contribution in [0.3, 0.4) is 0 Å². The fraction of sp³-hybridized carbons (Fsp3) is 0.533. The standard InChI is InChI=1S/C15H22BBrN2O6/c1-14(2,3)24-12(20)19(13(21)25-15(4,5)6)11-10(17)7-9(8-18-11)16(22)23/h7-8,22-23H,1-6H3. The number of imide groups is 1. The van der Waals surface area contributed by atoms with Gasteiger partial charge in [0.05, 0.1) is 4.47 Å². The predicted octanol–water partition coefficient (Wildman–Crippen LogP) is 2.20. The number of carbonyl (C=O) groups excluding carboxylic acids is 2. The van der Waals surface area contributed by atoms with Crippen molar-refractivity contribution in [2.45, 2.75) is 52.7 Å². The van der Waals surface area contributed by atoms with Gasteiger partial charge in [-0.05, 0) is 63.5 Å². The summed E-state index contributed by atoms with van der Waals surface area (Å²) in [6.07, 6.45) is -0.800. The van der Waals surface area contributed by atoms with Crippen LogP contribution < -0.4 is 10.4 Å². The SMILES string of the molecule is CC(C)(C)OC(=O)N(C(=O)OC(C)(C)C)c1ncc(B(O)O)cc1Br. The van der Waals surface area contributed by atoms with Crippen LogP contribution in [0.1, 0.15) is 41.5 Å². The maximum atomic E-state index is 12.5. The molecule has 1 rings (SSSR count). The molecule has 0 aliphatic carbocycles. The van der Waals surface area contributed by atoms with E-state index < -0.39 is 30.5 Å². The second-order valence-electron chi connectivity index (χ2n) is 7.24. The molecular formula is C15H22BBrN2O6. The van der Waals surface area contributed by atoms with Gasteiger partial charge in [0, 0.05) is 11.7 Å². The van der Waals surface area contributed by atoms with Crippen LogP contribution in [0, 0.1) is 0 Å². The molecule has 10 heteroatoms. The maximum Gasteiger partial charge on any atom is 0.490 e. The maximum absolute atomic E-state index is 12.5. The third kappa shape index (κ3) is 6.64. The van der Waals surface area contributed by atoms with Crippen LogP contribution in [0.5, 0.6) is 0 Å². The zero-order valence-electron chi connectivity index (χ0n) is 15.0. The van der Waals surface area contributed by atoms with E-state index in [0.717, 1.165) is 6.20 Å². The fourth-order valence-electron chi connectivity index (χ4n) is 1.61. The number of anilines is 1. The van der Waals surface area contributed by atoms with Gasteiger partial charge in [-0.1, -0.05) is 0 Å². The van der Waals surface area contributed by atoms with Crippen molar-refractivity contribution < 1.29 is 29.1 Å². The highest BCUT2D eigenvalue weighted by molar-refractivity contribution is 9.10. The first kappa shape index (κ1) is 21.4. The van der Waals surface area contributed by atoms with E-state index in [1.807, 2.05) is 0 Å². The van der Waals surface area contributed by atoms with E-state index in [4.69, 9.17) is 9.47 Å². The molecule has 0 unspecified atom stereocenters. The van der Waals surface area contributed by atoms with Crippen molar-refractivity contribution in [3.05, 3.63) is 16.7 Å². The molecule has 0 radical (unpaired) electrons. The number of halogens is 1. The molecule has 2 amide bonds. The summed E-state index contributed by atoms with van der Waals surface area (Å²) in [5, 5.41) is 18.4. The Morgan fingerprint density at radius 3 is 1.84 bits per heavy atom. The fourth-order valence-corrected chi connectivity index (χ4v) is 2.16. The molecule has 0 aliphatic heterocycles. The highest BCUT2D eigenvalue weighted by Gasteiger charge is 2.35. The number of carbonyl (C=O) groups is 2. The molecular weight excluding hydrogens is 395 g/mol. The van der Waals surface area contributed by atoms with Crippen molar-refractivity contribution in [2.24, 2.45) is 0 Å². The largest absolute Gasteiger partial charge is 0.490 e. The molecule has 0 bridgehead atoms. The Morgan fingerprint density at radius 2 is 1.52 bits per heavy atom. The lowest BCUT2D eigenvalue weighted by Gasteiger charge is -2.28. The van der Waals surface area contributed by atoms with Crippen LogP contribution in [0.25, 0.3) is 0 Å². The Kier molecular flexibility index (Phi) is 6.60. The summed E-state index contributed by atoms with van der Waals surface area (Å²) in [6, 6.07) is 1.33. The van der Waals surface area contributed by atoms with Gasteiger partial charge in [0.2, 0.25) is 0 Å². The zero-order chi connectivity index (χ0) is 19.6. The number of nitrogens with zero attached hydrogens (tertiary/aromatic N) is 2. The van der Waals surface area contributed by atoms with Crippen LogP contribution in [-0.2, 0) is 9.47 Å². The molecule has 0 aromatic carbocycles. The molecule has 1 aromatic rings. The molecule has 8 nitrogen and oxygen atoms in total. The number of ether oxygens (including phenoxy) is 2. The summed E-state index contributed by atoms with van der Waals surface area (Å²) in [5.41, 5.74) is -1.60. The zero-order valence-corrected chi connectivity index (χ0v) is 16.6. The van der Waals surface area contributed by atoms with E-state index >= 15 is 0 Å². The molecule has 138 valence electrons. The molecule has 0 aliphatic rings. The first-order valence-corrected chi connectivity index (χ1v) is 8.28.